The molecule has 2 N–H and O–H groups in total. The van der Waals surface area contributed by atoms with Crippen LogP contribution >= 0.6 is 11.3 Å². The Balaban J connectivity index is 2.05. The summed E-state index contributed by atoms with van der Waals surface area (Å²) in [6.07, 6.45) is 5.07. The Bertz CT molecular complexity index is 377. The predicted molar refractivity (Wildman–Crippen MR) is 76.0 cm³/mol. The summed E-state index contributed by atoms with van der Waals surface area (Å²) in [5, 5.41) is 16.3. The van der Waals surface area contributed by atoms with Crippen LogP contribution in [0.2, 0.25) is 0 Å². The Morgan fingerprint density at radius 1 is 1.44 bits per heavy atom. The Morgan fingerprint density at radius 3 is 2.61 bits per heavy atom. The number of thiazole rings is 1. The standard InChI is InChI=1S/C14H24N2OS/c1-14(2,3)13-16-12(9-18-13)11(8-17)15-10-6-4-5-7-10/h9-11,15,17H,4-8H2,1-3H3. The first-order valence-electron chi connectivity index (χ1n) is 6.83. The van der Waals surface area contributed by atoms with E-state index < -0.39 is 0 Å². The molecule has 1 aromatic heterocycles. The van der Waals surface area contributed by atoms with E-state index in [9.17, 15) is 5.11 Å². The van der Waals surface area contributed by atoms with Crippen LogP contribution in [0.15, 0.2) is 5.38 Å². The molecule has 1 fully saturated rings. The van der Waals surface area contributed by atoms with Crippen molar-refractivity contribution in [2.75, 3.05) is 6.61 Å². The van der Waals surface area contributed by atoms with Gasteiger partial charge in [0.25, 0.3) is 0 Å². The molecule has 0 aliphatic heterocycles. The second-order valence-electron chi connectivity index (χ2n) is 6.21. The third kappa shape index (κ3) is 3.31. The molecule has 3 nitrogen and oxygen atoms in total. The molecule has 1 saturated carbocycles. The summed E-state index contributed by atoms with van der Waals surface area (Å²) < 4.78 is 0. The average Bonchev–Trinajstić information content (AvgIpc) is 2.95. The van der Waals surface area contributed by atoms with E-state index in [1.807, 2.05) is 0 Å². The normalized spacial score (nSPS) is 19.3. The summed E-state index contributed by atoms with van der Waals surface area (Å²) in [7, 11) is 0. The molecule has 0 aromatic carbocycles. The number of hydrogen-bond donors (Lipinski definition) is 2. The van der Waals surface area contributed by atoms with Crippen molar-refractivity contribution in [3.8, 4) is 0 Å². The zero-order valence-corrected chi connectivity index (χ0v) is 12.4. The van der Waals surface area contributed by atoms with Crippen molar-refractivity contribution in [1.29, 1.82) is 0 Å². The van der Waals surface area contributed by atoms with E-state index in [1.165, 1.54) is 25.7 Å². The molecule has 1 heterocycles. The zero-order valence-electron chi connectivity index (χ0n) is 11.6. The molecular formula is C14H24N2OS. The fraction of sp³-hybridized carbons (Fsp3) is 0.786. The van der Waals surface area contributed by atoms with Gasteiger partial charge in [-0.15, -0.1) is 11.3 Å². The molecule has 1 aliphatic carbocycles. The maximum Gasteiger partial charge on any atom is 0.0982 e. The van der Waals surface area contributed by atoms with E-state index in [0.29, 0.717) is 6.04 Å². The van der Waals surface area contributed by atoms with Gasteiger partial charge >= 0.3 is 0 Å². The second kappa shape index (κ2) is 5.68. The molecule has 4 heteroatoms. The summed E-state index contributed by atoms with van der Waals surface area (Å²) in [5.74, 6) is 0. The van der Waals surface area contributed by atoms with Gasteiger partial charge in [0, 0.05) is 16.8 Å². The maximum absolute atomic E-state index is 9.55. The van der Waals surface area contributed by atoms with Gasteiger partial charge in [-0.25, -0.2) is 4.98 Å². The quantitative estimate of drug-likeness (QED) is 0.882. The van der Waals surface area contributed by atoms with Gasteiger partial charge in [0.05, 0.1) is 23.4 Å². The van der Waals surface area contributed by atoms with E-state index in [0.717, 1.165) is 10.7 Å². The zero-order chi connectivity index (χ0) is 13.2. The first kappa shape index (κ1) is 14.0. The molecule has 18 heavy (non-hydrogen) atoms. The van der Waals surface area contributed by atoms with Gasteiger partial charge < -0.3 is 10.4 Å². The van der Waals surface area contributed by atoms with Crippen LogP contribution in [-0.2, 0) is 5.41 Å². The summed E-state index contributed by atoms with van der Waals surface area (Å²) in [6, 6.07) is 0.558. The highest BCUT2D eigenvalue weighted by atomic mass is 32.1. The minimum Gasteiger partial charge on any atom is -0.394 e. The SMILES string of the molecule is CC(C)(C)c1nc(C(CO)NC2CCCC2)cs1. The van der Waals surface area contributed by atoms with Crippen molar-refractivity contribution in [3.05, 3.63) is 16.1 Å². The molecule has 1 atom stereocenters. The molecule has 0 spiro atoms. The topological polar surface area (TPSA) is 45.2 Å². The van der Waals surface area contributed by atoms with Crippen LogP contribution < -0.4 is 5.32 Å². The summed E-state index contributed by atoms with van der Waals surface area (Å²) >= 11 is 1.70. The Morgan fingerprint density at radius 2 is 2.11 bits per heavy atom. The van der Waals surface area contributed by atoms with Gasteiger partial charge in [0.2, 0.25) is 0 Å². The number of aliphatic hydroxyl groups is 1. The van der Waals surface area contributed by atoms with Crippen molar-refractivity contribution in [3.63, 3.8) is 0 Å². The molecule has 0 amide bonds. The second-order valence-corrected chi connectivity index (χ2v) is 7.07. The lowest BCUT2D eigenvalue weighted by atomic mass is 9.98. The van der Waals surface area contributed by atoms with Crippen LogP contribution in [0.1, 0.15) is 63.2 Å². The first-order chi connectivity index (χ1) is 8.50. The van der Waals surface area contributed by atoms with Gasteiger partial charge in [-0.1, -0.05) is 33.6 Å². The molecule has 1 unspecified atom stereocenters. The Kier molecular flexibility index (Phi) is 4.41. The van der Waals surface area contributed by atoms with Gasteiger partial charge in [-0.05, 0) is 12.8 Å². The Hall–Kier alpha value is -0.450. The lowest BCUT2D eigenvalue weighted by Gasteiger charge is -2.20. The van der Waals surface area contributed by atoms with E-state index >= 15 is 0 Å². The number of aliphatic hydroxyl groups excluding tert-OH is 1. The fourth-order valence-corrected chi connectivity index (χ4v) is 3.36. The van der Waals surface area contributed by atoms with Crippen molar-refractivity contribution >= 4 is 11.3 Å². The molecular weight excluding hydrogens is 244 g/mol. The average molecular weight is 268 g/mol. The van der Waals surface area contributed by atoms with Gasteiger partial charge in [-0.2, -0.15) is 0 Å². The number of hydrogen-bond acceptors (Lipinski definition) is 4. The van der Waals surface area contributed by atoms with Crippen molar-refractivity contribution < 1.29 is 5.11 Å². The first-order valence-corrected chi connectivity index (χ1v) is 7.71. The minimum absolute atomic E-state index is 0.000417. The van der Waals surface area contributed by atoms with Crippen LogP contribution in [0.4, 0.5) is 0 Å². The highest BCUT2D eigenvalue weighted by molar-refractivity contribution is 7.09. The maximum atomic E-state index is 9.55. The van der Waals surface area contributed by atoms with Crippen molar-refractivity contribution in [2.24, 2.45) is 0 Å². The van der Waals surface area contributed by atoms with Crippen LogP contribution in [0, 0.1) is 0 Å². The van der Waals surface area contributed by atoms with E-state index in [-0.39, 0.29) is 18.1 Å². The van der Waals surface area contributed by atoms with Gasteiger partial charge in [0.15, 0.2) is 0 Å². The van der Waals surface area contributed by atoms with Crippen LogP contribution in [-0.4, -0.2) is 22.7 Å². The molecule has 0 bridgehead atoms. The highest BCUT2D eigenvalue weighted by Crippen LogP contribution is 2.28. The van der Waals surface area contributed by atoms with Crippen molar-refractivity contribution in [1.82, 2.24) is 10.3 Å². The van der Waals surface area contributed by atoms with Crippen LogP contribution in [0.3, 0.4) is 0 Å². The number of nitrogens with zero attached hydrogens (tertiary/aromatic N) is 1. The molecule has 102 valence electrons. The minimum atomic E-state index is 0.000417. The van der Waals surface area contributed by atoms with E-state index in [4.69, 9.17) is 4.98 Å². The molecule has 1 aromatic rings. The van der Waals surface area contributed by atoms with Gasteiger partial charge in [0.1, 0.15) is 0 Å². The van der Waals surface area contributed by atoms with Crippen molar-refractivity contribution in [2.45, 2.75) is 64.0 Å². The smallest absolute Gasteiger partial charge is 0.0982 e. The summed E-state index contributed by atoms with van der Waals surface area (Å²) in [4.78, 5) is 4.69. The fourth-order valence-electron chi connectivity index (χ4n) is 2.40. The Labute approximate surface area is 114 Å². The van der Waals surface area contributed by atoms with E-state index in [1.54, 1.807) is 11.3 Å². The van der Waals surface area contributed by atoms with Crippen LogP contribution in [0.25, 0.3) is 0 Å². The summed E-state index contributed by atoms with van der Waals surface area (Å²) in [6.45, 7) is 6.65. The molecule has 0 radical (unpaired) electrons. The largest absolute Gasteiger partial charge is 0.394 e. The number of rotatable bonds is 4. The molecule has 0 saturated heterocycles. The lowest BCUT2D eigenvalue weighted by Crippen LogP contribution is -2.33. The molecule has 1 aliphatic rings. The number of nitrogens with one attached hydrogen (secondary N) is 1. The highest BCUT2D eigenvalue weighted by Gasteiger charge is 2.24. The predicted octanol–water partition coefficient (Wildman–Crippen LogP) is 3.01. The lowest BCUT2D eigenvalue weighted by molar-refractivity contribution is 0.230. The number of aromatic nitrogens is 1. The monoisotopic (exact) mass is 268 g/mol. The third-order valence-corrected chi connectivity index (χ3v) is 4.78. The summed E-state index contributed by atoms with van der Waals surface area (Å²) in [5.41, 5.74) is 1.09. The van der Waals surface area contributed by atoms with E-state index in [2.05, 4.69) is 31.5 Å². The third-order valence-electron chi connectivity index (χ3n) is 3.50. The van der Waals surface area contributed by atoms with Crippen LogP contribution in [0.5, 0.6) is 0 Å². The molecule has 2 rings (SSSR count). The van der Waals surface area contributed by atoms with Gasteiger partial charge in [-0.3, -0.25) is 0 Å².